The first-order valence-electron chi connectivity index (χ1n) is 15.2. The van der Waals surface area contributed by atoms with Gasteiger partial charge in [-0.25, -0.2) is 19.4 Å². The summed E-state index contributed by atoms with van der Waals surface area (Å²) in [6.07, 6.45) is 1.78. The number of carboxylic acid groups (broad SMARTS) is 1. The Labute approximate surface area is 279 Å². The lowest BCUT2D eigenvalue weighted by atomic mass is 9.95. The highest BCUT2D eigenvalue weighted by Gasteiger charge is 2.34. The van der Waals surface area contributed by atoms with Gasteiger partial charge in [0.25, 0.3) is 5.56 Å². The fourth-order valence-electron chi connectivity index (χ4n) is 5.64. The minimum atomic E-state index is -1.02. The third-order valence-electron chi connectivity index (χ3n) is 7.78. The van der Waals surface area contributed by atoms with Crippen molar-refractivity contribution in [1.82, 2.24) is 9.13 Å². The smallest absolute Gasteiger partial charge is 0.343 e. The predicted octanol–water partition coefficient (Wildman–Crippen LogP) is 3.85. The molecule has 2 aromatic heterocycles. The molecule has 1 atom stereocenters. The Hall–Kier alpha value is -5.43. The van der Waals surface area contributed by atoms with E-state index in [0.29, 0.717) is 44.4 Å². The zero-order chi connectivity index (χ0) is 34.7. The molecule has 12 nitrogen and oxygen atoms in total. The zero-order valence-electron chi connectivity index (χ0n) is 27.4. The Morgan fingerprint density at radius 1 is 1.00 bits per heavy atom. The first kappa shape index (κ1) is 33.9. The van der Waals surface area contributed by atoms with Crippen LogP contribution in [-0.4, -0.2) is 59.1 Å². The van der Waals surface area contributed by atoms with E-state index in [9.17, 15) is 24.3 Å². The summed E-state index contributed by atoms with van der Waals surface area (Å²) in [6.45, 7) is 9.09. The van der Waals surface area contributed by atoms with Gasteiger partial charge in [-0.2, -0.15) is 0 Å². The molecule has 5 rings (SSSR count). The second-order valence-corrected chi connectivity index (χ2v) is 11.8. The van der Waals surface area contributed by atoms with Crippen molar-refractivity contribution < 1.29 is 38.4 Å². The number of hydrogen-bond acceptors (Lipinski definition) is 10. The number of fused-ring (bicyclic) bond motifs is 1. The fraction of sp³-hybridized carbons (Fsp3) is 0.286. The molecule has 3 heterocycles. The van der Waals surface area contributed by atoms with Crippen LogP contribution in [0, 0.1) is 13.8 Å². The fourth-order valence-corrected chi connectivity index (χ4v) is 6.67. The summed E-state index contributed by atoms with van der Waals surface area (Å²) in [4.78, 5) is 56.0. The molecule has 13 heteroatoms. The molecule has 48 heavy (non-hydrogen) atoms. The number of nitrogens with zero attached hydrogens (tertiary/aromatic N) is 3. The van der Waals surface area contributed by atoms with Crippen LogP contribution in [0.3, 0.4) is 0 Å². The molecule has 0 saturated carbocycles. The van der Waals surface area contributed by atoms with Crippen LogP contribution in [0.15, 0.2) is 69.6 Å². The van der Waals surface area contributed by atoms with E-state index in [1.165, 1.54) is 29.1 Å². The SMILES string of the molecule is CCOC(=O)C1=C(C)N=c2s/c(=C\c3cc(C)n(-c4cccc(C(=O)O)c4)c3C)c(=O)n2[C@@H]1c1ccc(OCC(=O)OC)c(OCC)c1. The maximum absolute atomic E-state index is 14.2. The van der Waals surface area contributed by atoms with Crippen molar-refractivity contribution in [3.05, 3.63) is 108 Å². The van der Waals surface area contributed by atoms with E-state index in [1.807, 2.05) is 30.5 Å². The summed E-state index contributed by atoms with van der Waals surface area (Å²) in [5.41, 5.74) is 4.08. The number of methoxy groups -OCH3 is 1. The van der Waals surface area contributed by atoms with Crippen LogP contribution >= 0.6 is 11.3 Å². The van der Waals surface area contributed by atoms with Crippen LogP contribution in [0.4, 0.5) is 0 Å². The molecule has 4 aromatic rings. The van der Waals surface area contributed by atoms with Crippen LogP contribution < -0.4 is 24.4 Å². The zero-order valence-corrected chi connectivity index (χ0v) is 28.2. The van der Waals surface area contributed by atoms with Crippen molar-refractivity contribution in [2.75, 3.05) is 26.9 Å². The molecule has 0 fully saturated rings. The van der Waals surface area contributed by atoms with E-state index in [-0.39, 0.29) is 29.9 Å². The molecular weight excluding hydrogens is 638 g/mol. The number of ether oxygens (including phenoxy) is 4. The first-order valence-corrected chi connectivity index (χ1v) is 16.0. The molecule has 1 N–H and O–H groups in total. The van der Waals surface area contributed by atoms with Crippen molar-refractivity contribution in [3.63, 3.8) is 0 Å². The average Bonchev–Trinajstić information content (AvgIpc) is 3.52. The number of aryl methyl sites for hydroxylation is 1. The Morgan fingerprint density at radius 3 is 2.46 bits per heavy atom. The molecule has 0 unspecified atom stereocenters. The second kappa shape index (κ2) is 14.1. The van der Waals surface area contributed by atoms with E-state index in [4.69, 9.17) is 14.2 Å². The third-order valence-corrected chi connectivity index (χ3v) is 8.76. The summed E-state index contributed by atoms with van der Waals surface area (Å²) in [6, 6.07) is 12.7. The number of carbonyl (C=O) groups excluding carboxylic acids is 2. The lowest BCUT2D eigenvalue weighted by Gasteiger charge is -2.25. The predicted molar refractivity (Wildman–Crippen MR) is 178 cm³/mol. The Balaban J connectivity index is 1.66. The number of rotatable bonds is 11. The number of carboxylic acids is 1. The normalized spacial score (nSPS) is 14.3. The first-order chi connectivity index (χ1) is 23.0. The minimum Gasteiger partial charge on any atom is -0.490 e. The molecule has 0 spiro atoms. The molecule has 0 radical (unpaired) electrons. The lowest BCUT2D eigenvalue weighted by molar-refractivity contribution is -0.143. The number of aromatic nitrogens is 2. The van der Waals surface area contributed by atoms with Crippen molar-refractivity contribution in [1.29, 1.82) is 0 Å². The second-order valence-electron chi connectivity index (χ2n) is 10.8. The molecular formula is C35H35N3O9S. The standard InChI is InChI=1S/C35H35N3O9S/c1-7-45-27-16-22(12-13-26(27)47-18-29(39)44-6)31-30(34(43)46-8-2)20(4)36-35-38(31)32(40)28(48-35)17-24-14-19(3)37(21(24)5)25-11-9-10-23(15-25)33(41)42/h9-17,31H,7-8,18H2,1-6H3,(H,41,42)/b28-17-/t31-/m1/s1. The maximum atomic E-state index is 14.2. The van der Waals surface area contributed by atoms with Gasteiger partial charge in [0.05, 0.1) is 47.7 Å². The highest BCUT2D eigenvalue weighted by molar-refractivity contribution is 7.07. The molecule has 1 aliphatic rings. The monoisotopic (exact) mass is 673 g/mol. The van der Waals surface area contributed by atoms with Crippen molar-refractivity contribution >= 4 is 35.3 Å². The van der Waals surface area contributed by atoms with E-state index in [0.717, 1.165) is 17.0 Å². The van der Waals surface area contributed by atoms with Gasteiger partial charge < -0.3 is 28.6 Å². The summed E-state index contributed by atoms with van der Waals surface area (Å²) < 4.78 is 25.4. The van der Waals surface area contributed by atoms with Gasteiger partial charge in [-0.05, 0) is 88.2 Å². The number of esters is 2. The van der Waals surface area contributed by atoms with Crippen LogP contribution in [0.1, 0.15) is 59.7 Å². The van der Waals surface area contributed by atoms with Gasteiger partial charge >= 0.3 is 17.9 Å². The van der Waals surface area contributed by atoms with Crippen LogP contribution in [0.25, 0.3) is 11.8 Å². The summed E-state index contributed by atoms with van der Waals surface area (Å²) in [5, 5.41) is 9.50. The van der Waals surface area contributed by atoms with Gasteiger partial charge in [0.2, 0.25) is 0 Å². The quantitative estimate of drug-likeness (QED) is 0.235. The van der Waals surface area contributed by atoms with Crippen molar-refractivity contribution in [2.45, 2.75) is 40.7 Å². The molecule has 2 aromatic carbocycles. The van der Waals surface area contributed by atoms with Gasteiger partial charge in [-0.3, -0.25) is 9.36 Å². The largest absolute Gasteiger partial charge is 0.490 e. The number of hydrogen-bond donors (Lipinski definition) is 1. The average molecular weight is 674 g/mol. The number of thiazole rings is 1. The van der Waals surface area contributed by atoms with Crippen LogP contribution in [-0.2, 0) is 19.1 Å². The van der Waals surface area contributed by atoms with Gasteiger partial charge in [0.1, 0.15) is 0 Å². The van der Waals surface area contributed by atoms with E-state index in [1.54, 1.807) is 57.2 Å². The maximum Gasteiger partial charge on any atom is 0.343 e. The number of benzene rings is 2. The van der Waals surface area contributed by atoms with Crippen LogP contribution in [0.5, 0.6) is 11.5 Å². The topological polar surface area (TPSA) is 148 Å². The van der Waals surface area contributed by atoms with E-state index >= 15 is 0 Å². The minimum absolute atomic E-state index is 0.127. The van der Waals surface area contributed by atoms with E-state index < -0.39 is 23.9 Å². The lowest BCUT2D eigenvalue weighted by Crippen LogP contribution is -2.40. The van der Waals surface area contributed by atoms with Gasteiger partial charge in [0.15, 0.2) is 22.9 Å². The van der Waals surface area contributed by atoms with Crippen molar-refractivity contribution in [2.24, 2.45) is 4.99 Å². The Kier molecular flexibility index (Phi) is 9.99. The number of allylic oxidation sites excluding steroid dienone is 1. The molecule has 1 aliphatic heterocycles. The highest BCUT2D eigenvalue weighted by atomic mass is 32.1. The van der Waals surface area contributed by atoms with Crippen LogP contribution in [0.2, 0.25) is 0 Å². The number of aromatic carboxylic acids is 1. The Bertz CT molecular complexity index is 2140. The number of carbonyl (C=O) groups is 3. The molecule has 0 aliphatic carbocycles. The van der Waals surface area contributed by atoms with Gasteiger partial charge in [-0.1, -0.05) is 23.5 Å². The molecule has 250 valence electrons. The van der Waals surface area contributed by atoms with Gasteiger partial charge in [0, 0.05) is 17.1 Å². The molecule has 0 bridgehead atoms. The summed E-state index contributed by atoms with van der Waals surface area (Å²) >= 11 is 1.19. The van der Waals surface area contributed by atoms with Gasteiger partial charge in [-0.15, -0.1) is 0 Å². The van der Waals surface area contributed by atoms with E-state index in [2.05, 4.69) is 9.73 Å². The molecule has 0 saturated heterocycles. The highest BCUT2D eigenvalue weighted by Crippen LogP contribution is 2.36. The summed E-state index contributed by atoms with van der Waals surface area (Å²) in [7, 11) is 1.26. The Morgan fingerprint density at radius 2 is 1.77 bits per heavy atom. The summed E-state index contributed by atoms with van der Waals surface area (Å²) in [5.74, 6) is -1.58. The molecule has 0 amide bonds. The third kappa shape index (κ3) is 6.54. The van der Waals surface area contributed by atoms with Crippen molar-refractivity contribution in [3.8, 4) is 17.2 Å².